The van der Waals surface area contributed by atoms with E-state index in [0.717, 1.165) is 38.8 Å². The van der Waals surface area contributed by atoms with Crippen molar-refractivity contribution >= 4 is 5.91 Å². The molecule has 0 unspecified atom stereocenters. The summed E-state index contributed by atoms with van der Waals surface area (Å²) in [6.07, 6.45) is 6.84. The minimum atomic E-state index is -0.157. The van der Waals surface area contributed by atoms with E-state index in [0.29, 0.717) is 5.91 Å². The number of rotatable bonds is 1. The Bertz CT molecular complexity index is 216. The van der Waals surface area contributed by atoms with Gasteiger partial charge < -0.3 is 10.0 Å². The molecule has 1 saturated heterocycles. The first-order valence-corrected chi connectivity index (χ1v) is 6.24. The Labute approximate surface area is 91.5 Å². The van der Waals surface area contributed by atoms with Crippen LogP contribution in [0.1, 0.15) is 44.9 Å². The fraction of sp³-hybridized carbons (Fsp3) is 0.917. The molecule has 86 valence electrons. The summed E-state index contributed by atoms with van der Waals surface area (Å²) in [6, 6.07) is 0. The molecule has 1 aliphatic carbocycles. The molecule has 3 heteroatoms. The molecular weight excluding hydrogens is 190 g/mol. The Morgan fingerprint density at radius 1 is 1.00 bits per heavy atom. The topological polar surface area (TPSA) is 40.5 Å². The maximum absolute atomic E-state index is 12.1. The van der Waals surface area contributed by atoms with Crippen molar-refractivity contribution in [2.24, 2.45) is 5.92 Å². The van der Waals surface area contributed by atoms with Gasteiger partial charge in [0.15, 0.2) is 0 Å². The maximum atomic E-state index is 12.1. The van der Waals surface area contributed by atoms with Crippen LogP contribution < -0.4 is 0 Å². The first-order chi connectivity index (χ1) is 7.27. The number of amides is 1. The van der Waals surface area contributed by atoms with E-state index in [1.165, 1.54) is 19.3 Å². The Hall–Kier alpha value is -0.570. The second kappa shape index (κ2) is 4.97. The van der Waals surface area contributed by atoms with Gasteiger partial charge in [0, 0.05) is 19.0 Å². The van der Waals surface area contributed by atoms with E-state index in [-0.39, 0.29) is 12.0 Å². The molecule has 2 fully saturated rings. The van der Waals surface area contributed by atoms with Crippen molar-refractivity contribution in [2.45, 2.75) is 51.0 Å². The highest BCUT2D eigenvalue weighted by molar-refractivity contribution is 5.79. The average molecular weight is 211 g/mol. The van der Waals surface area contributed by atoms with Crippen LogP contribution >= 0.6 is 0 Å². The number of piperidine rings is 1. The van der Waals surface area contributed by atoms with Crippen molar-refractivity contribution in [3.8, 4) is 0 Å². The highest BCUT2D eigenvalue weighted by Gasteiger charge is 2.29. The molecule has 2 aliphatic rings. The van der Waals surface area contributed by atoms with Gasteiger partial charge in [-0.25, -0.2) is 0 Å². The molecule has 1 saturated carbocycles. The quantitative estimate of drug-likeness (QED) is 0.715. The van der Waals surface area contributed by atoms with Crippen molar-refractivity contribution in [2.75, 3.05) is 13.1 Å². The van der Waals surface area contributed by atoms with Gasteiger partial charge in [0.2, 0.25) is 5.91 Å². The zero-order chi connectivity index (χ0) is 10.7. The van der Waals surface area contributed by atoms with Crippen LogP contribution in [0.4, 0.5) is 0 Å². The Morgan fingerprint density at radius 3 is 2.20 bits per heavy atom. The van der Waals surface area contributed by atoms with Gasteiger partial charge >= 0.3 is 0 Å². The van der Waals surface area contributed by atoms with Crippen LogP contribution in [-0.2, 0) is 4.79 Å². The van der Waals surface area contributed by atoms with Crippen LogP contribution in [0.25, 0.3) is 0 Å². The normalized spacial score (nSPS) is 32.7. The van der Waals surface area contributed by atoms with E-state index in [9.17, 15) is 9.90 Å². The van der Waals surface area contributed by atoms with Crippen molar-refractivity contribution in [1.29, 1.82) is 0 Å². The highest BCUT2D eigenvalue weighted by Crippen LogP contribution is 2.26. The van der Waals surface area contributed by atoms with E-state index in [4.69, 9.17) is 0 Å². The molecule has 0 aromatic carbocycles. The number of aliphatic hydroxyl groups is 1. The SMILES string of the molecule is O=C(C1CCC(O)CC1)N1CCCCC1. The van der Waals surface area contributed by atoms with Gasteiger partial charge in [-0.2, -0.15) is 0 Å². The van der Waals surface area contributed by atoms with Gasteiger partial charge in [-0.05, 0) is 44.9 Å². The van der Waals surface area contributed by atoms with Gasteiger partial charge in [0.1, 0.15) is 0 Å². The van der Waals surface area contributed by atoms with Crippen molar-refractivity contribution in [3.63, 3.8) is 0 Å². The number of aliphatic hydroxyl groups excluding tert-OH is 1. The summed E-state index contributed by atoms with van der Waals surface area (Å²) < 4.78 is 0. The fourth-order valence-corrected chi connectivity index (χ4v) is 2.70. The summed E-state index contributed by atoms with van der Waals surface area (Å²) in [5.74, 6) is 0.549. The lowest BCUT2D eigenvalue weighted by molar-refractivity contribution is -0.138. The first kappa shape index (κ1) is 10.9. The van der Waals surface area contributed by atoms with E-state index in [1.54, 1.807) is 0 Å². The summed E-state index contributed by atoms with van der Waals surface area (Å²) in [4.78, 5) is 14.1. The number of nitrogens with zero attached hydrogens (tertiary/aromatic N) is 1. The second-order valence-corrected chi connectivity index (χ2v) is 4.89. The summed E-state index contributed by atoms with van der Waals surface area (Å²) in [7, 11) is 0. The second-order valence-electron chi connectivity index (χ2n) is 4.89. The van der Waals surface area contributed by atoms with Crippen LogP contribution in [-0.4, -0.2) is 35.1 Å². The summed E-state index contributed by atoms with van der Waals surface area (Å²) in [5, 5.41) is 9.39. The minimum Gasteiger partial charge on any atom is -0.393 e. The molecule has 15 heavy (non-hydrogen) atoms. The van der Waals surface area contributed by atoms with E-state index in [2.05, 4.69) is 0 Å². The third-order valence-electron chi connectivity index (χ3n) is 3.71. The fourth-order valence-electron chi connectivity index (χ4n) is 2.70. The predicted octanol–water partition coefficient (Wildman–Crippen LogP) is 1.55. The largest absolute Gasteiger partial charge is 0.393 e. The van der Waals surface area contributed by atoms with Crippen LogP contribution in [0.15, 0.2) is 0 Å². The van der Waals surface area contributed by atoms with E-state index in [1.807, 2.05) is 4.90 Å². The van der Waals surface area contributed by atoms with Crippen molar-refractivity contribution < 1.29 is 9.90 Å². The standard InChI is InChI=1S/C12H21NO2/c14-11-6-4-10(5-7-11)12(15)13-8-2-1-3-9-13/h10-11,14H,1-9H2. The third-order valence-corrected chi connectivity index (χ3v) is 3.71. The maximum Gasteiger partial charge on any atom is 0.225 e. The lowest BCUT2D eigenvalue weighted by atomic mass is 9.86. The van der Waals surface area contributed by atoms with Crippen LogP contribution in [0.2, 0.25) is 0 Å². The number of carbonyl (C=O) groups is 1. The number of likely N-dealkylation sites (tertiary alicyclic amines) is 1. The molecule has 0 radical (unpaired) electrons. The summed E-state index contributed by atoms with van der Waals surface area (Å²) >= 11 is 0. The molecule has 0 spiro atoms. The first-order valence-electron chi connectivity index (χ1n) is 6.24. The molecule has 1 amide bonds. The lowest BCUT2D eigenvalue weighted by Gasteiger charge is -2.32. The molecule has 0 aromatic rings. The van der Waals surface area contributed by atoms with Crippen LogP contribution in [0, 0.1) is 5.92 Å². The van der Waals surface area contributed by atoms with Gasteiger partial charge in [0.25, 0.3) is 0 Å². The van der Waals surface area contributed by atoms with E-state index >= 15 is 0 Å². The highest BCUT2D eigenvalue weighted by atomic mass is 16.3. The summed E-state index contributed by atoms with van der Waals surface area (Å²) in [6.45, 7) is 1.91. The zero-order valence-electron chi connectivity index (χ0n) is 9.32. The van der Waals surface area contributed by atoms with Gasteiger partial charge in [-0.1, -0.05) is 0 Å². The van der Waals surface area contributed by atoms with Crippen molar-refractivity contribution in [1.82, 2.24) is 4.90 Å². The molecule has 0 atom stereocenters. The predicted molar refractivity (Wildman–Crippen MR) is 58.4 cm³/mol. The molecule has 1 aliphatic heterocycles. The molecule has 0 bridgehead atoms. The number of carbonyl (C=O) groups excluding carboxylic acids is 1. The molecular formula is C12H21NO2. The third kappa shape index (κ3) is 2.71. The minimum absolute atomic E-state index is 0.157. The number of hydrogen-bond donors (Lipinski definition) is 1. The van der Waals surface area contributed by atoms with Gasteiger partial charge in [-0.15, -0.1) is 0 Å². The number of hydrogen-bond acceptors (Lipinski definition) is 2. The summed E-state index contributed by atoms with van der Waals surface area (Å²) in [5.41, 5.74) is 0. The van der Waals surface area contributed by atoms with E-state index < -0.39 is 0 Å². The van der Waals surface area contributed by atoms with Crippen LogP contribution in [0.5, 0.6) is 0 Å². The Morgan fingerprint density at radius 2 is 1.60 bits per heavy atom. The Kier molecular flexibility index (Phi) is 3.62. The molecule has 2 rings (SSSR count). The van der Waals surface area contributed by atoms with Crippen LogP contribution in [0.3, 0.4) is 0 Å². The van der Waals surface area contributed by atoms with Gasteiger partial charge in [0.05, 0.1) is 6.10 Å². The average Bonchev–Trinajstić information content (AvgIpc) is 2.30. The van der Waals surface area contributed by atoms with Gasteiger partial charge in [-0.3, -0.25) is 4.79 Å². The monoisotopic (exact) mass is 211 g/mol. The smallest absolute Gasteiger partial charge is 0.225 e. The molecule has 3 nitrogen and oxygen atoms in total. The molecule has 1 N–H and O–H groups in total. The lowest BCUT2D eigenvalue weighted by Crippen LogP contribution is -2.41. The molecule has 1 heterocycles. The van der Waals surface area contributed by atoms with Crippen molar-refractivity contribution in [3.05, 3.63) is 0 Å². The Balaban J connectivity index is 1.84. The zero-order valence-corrected chi connectivity index (χ0v) is 9.32. The molecule has 0 aromatic heterocycles.